The van der Waals surface area contributed by atoms with Crippen LogP contribution in [0.25, 0.3) is 0 Å². The third-order valence-corrected chi connectivity index (χ3v) is 3.65. The summed E-state index contributed by atoms with van der Waals surface area (Å²) in [6.45, 7) is 9.27. The Morgan fingerprint density at radius 2 is 2.42 bits per heavy atom. The molecule has 0 amide bonds. The van der Waals surface area contributed by atoms with Crippen molar-refractivity contribution in [1.82, 2.24) is 5.32 Å². The maximum atomic E-state index is 3.90. The van der Waals surface area contributed by atoms with Crippen LogP contribution in [0.3, 0.4) is 0 Å². The van der Waals surface area contributed by atoms with Gasteiger partial charge in [-0.25, -0.2) is 0 Å². The molecule has 0 aliphatic carbocycles. The first-order valence-corrected chi connectivity index (χ1v) is 5.74. The minimum absolute atomic E-state index is 0.709. The number of nitrogens with one attached hydrogen (secondary N) is 1. The summed E-state index contributed by atoms with van der Waals surface area (Å²) in [4.78, 5) is 0. The molecule has 2 atom stereocenters. The fourth-order valence-electron chi connectivity index (χ4n) is 1.50. The topological polar surface area (TPSA) is 12.0 Å². The molecule has 0 aromatic rings. The fourth-order valence-corrected chi connectivity index (χ4v) is 2.67. The Morgan fingerprint density at radius 1 is 1.67 bits per heavy atom. The van der Waals surface area contributed by atoms with Crippen LogP contribution in [0, 0.1) is 0 Å². The van der Waals surface area contributed by atoms with Crippen molar-refractivity contribution in [1.29, 1.82) is 0 Å². The first-order chi connectivity index (χ1) is 5.70. The van der Waals surface area contributed by atoms with E-state index in [1.807, 2.05) is 0 Å². The summed E-state index contributed by atoms with van der Waals surface area (Å²) < 4.78 is 0. The van der Waals surface area contributed by atoms with Gasteiger partial charge in [0.15, 0.2) is 0 Å². The second-order valence-electron chi connectivity index (χ2n) is 3.66. The van der Waals surface area contributed by atoms with Gasteiger partial charge >= 0.3 is 0 Å². The highest BCUT2D eigenvalue weighted by molar-refractivity contribution is 7.99. The summed E-state index contributed by atoms with van der Waals surface area (Å²) in [6, 6.07) is 0.709. The molecule has 0 aromatic heterocycles. The lowest BCUT2D eigenvalue weighted by atomic mass is 10.1. The van der Waals surface area contributed by atoms with Crippen molar-refractivity contribution < 1.29 is 0 Å². The third kappa shape index (κ3) is 3.20. The zero-order valence-corrected chi connectivity index (χ0v) is 8.91. The van der Waals surface area contributed by atoms with Crippen LogP contribution in [0.5, 0.6) is 0 Å². The van der Waals surface area contributed by atoms with E-state index in [0.717, 1.165) is 11.8 Å². The summed E-state index contributed by atoms with van der Waals surface area (Å²) in [5.41, 5.74) is 1.23. The van der Waals surface area contributed by atoms with Crippen molar-refractivity contribution in [3.05, 3.63) is 12.2 Å². The summed E-state index contributed by atoms with van der Waals surface area (Å²) in [7, 11) is 0. The second kappa shape index (κ2) is 4.93. The predicted molar refractivity (Wildman–Crippen MR) is 57.8 cm³/mol. The van der Waals surface area contributed by atoms with E-state index in [-0.39, 0.29) is 0 Å². The van der Waals surface area contributed by atoms with E-state index in [0.29, 0.717) is 6.04 Å². The van der Waals surface area contributed by atoms with E-state index in [1.54, 1.807) is 0 Å². The molecule has 12 heavy (non-hydrogen) atoms. The van der Waals surface area contributed by atoms with Crippen LogP contribution < -0.4 is 5.32 Å². The molecule has 1 saturated heterocycles. The average molecular weight is 185 g/mol. The SMILES string of the molecule is C=C(C)CNC1CCCSC1C. The highest BCUT2D eigenvalue weighted by atomic mass is 32.2. The summed E-state index contributed by atoms with van der Waals surface area (Å²) in [5, 5.41) is 4.33. The largest absolute Gasteiger partial charge is 0.309 e. The van der Waals surface area contributed by atoms with Crippen molar-refractivity contribution in [3.8, 4) is 0 Å². The lowest BCUT2D eigenvalue weighted by Crippen LogP contribution is -2.39. The molecule has 1 fully saturated rings. The Labute approximate surface area is 80.0 Å². The van der Waals surface area contributed by atoms with E-state index in [4.69, 9.17) is 0 Å². The van der Waals surface area contributed by atoms with E-state index >= 15 is 0 Å². The van der Waals surface area contributed by atoms with Gasteiger partial charge in [0.05, 0.1) is 0 Å². The Morgan fingerprint density at radius 3 is 3.00 bits per heavy atom. The summed E-state index contributed by atoms with van der Waals surface area (Å²) in [6.07, 6.45) is 2.70. The van der Waals surface area contributed by atoms with Crippen LogP contribution in [0.2, 0.25) is 0 Å². The smallest absolute Gasteiger partial charge is 0.0187 e. The first-order valence-electron chi connectivity index (χ1n) is 4.69. The Hall–Kier alpha value is 0.0500. The highest BCUT2D eigenvalue weighted by Gasteiger charge is 2.20. The van der Waals surface area contributed by atoms with Crippen LogP contribution in [0.1, 0.15) is 26.7 Å². The standard InChI is InChI=1S/C10H19NS/c1-8(2)7-11-10-5-4-6-12-9(10)3/h9-11H,1,4-7H2,2-3H3. The normalized spacial score (nSPS) is 30.2. The molecule has 0 bridgehead atoms. The number of hydrogen-bond acceptors (Lipinski definition) is 2. The van der Waals surface area contributed by atoms with Gasteiger partial charge in [0.2, 0.25) is 0 Å². The zero-order valence-electron chi connectivity index (χ0n) is 8.10. The number of hydrogen-bond donors (Lipinski definition) is 1. The molecule has 1 rings (SSSR count). The molecule has 1 aliphatic rings. The maximum Gasteiger partial charge on any atom is 0.0187 e. The monoisotopic (exact) mass is 185 g/mol. The minimum Gasteiger partial charge on any atom is -0.309 e. The van der Waals surface area contributed by atoms with Gasteiger partial charge in [-0.05, 0) is 25.5 Å². The minimum atomic E-state index is 0.709. The van der Waals surface area contributed by atoms with Crippen LogP contribution in [-0.4, -0.2) is 23.6 Å². The Bertz CT molecular complexity index is 156. The third-order valence-electron chi connectivity index (χ3n) is 2.27. The van der Waals surface area contributed by atoms with E-state index in [9.17, 15) is 0 Å². The van der Waals surface area contributed by atoms with Gasteiger partial charge < -0.3 is 5.32 Å². The highest BCUT2D eigenvalue weighted by Crippen LogP contribution is 2.24. The molecule has 0 spiro atoms. The van der Waals surface area contributed by atoms with Gasteiger partial charge in [-0.2, -0.15) is 11.8 Å². The van der Waals surface area contributed by atoms with Gasteiger partial charge in [0.25, 0.3) is 0 Å². The average Bonchev–Trinajstić information content (AvgIpc) is 2.03. The molecule has 0 saturated carbocycles. The molecule has 1 aliphatic heterocycles. The molecular weight excluding hydrogens is 166 g/mol. The van der Waals surface area contributed by atoms with Crippen molar-refractivity contribution in [2.24, 2.45) is 0 Å². The second-order valence-corrected chi connectivity index (χ2v) is 5.15. The number of rotatable bonds is 3. The van der Waals surface area contributed by atoms with Crippen molar-refractivity contribution >= 4 is 11.8 Å². The lowest BCUT2D eigenvalue weighted by molar-refractivity contribution is 0.480. The van der Waals surface area contributed by atoms with Gasteiger partial charge in [0.1, 0.15) is 0 Å². The van der Waals surface area contributed by atoms with Gasteiger partial charge in [-0.3, -0.25) is 0 Å². The van der Waals surface area contributed by atoms with Crippen LogP contribution >= 0.6 is 11.8 Å². The Kier molecular flexibility index (Phi) is 4.16. The van der Waals surface area contributed by atoms with E-state index in [1.165, 1.54) is 24.2 Å². The lowest BCUT2D eigenvalue weighted by Gasteiger charge is -2.29. The fraction of sp³-hybridized carbons (Fsp3) is 0.800. The van der Waals surface area contributed by atoms with E-state index < -0.39 is 0 Å². The molecule has 1 heterocycles. The molecule has 1 nitrogen and oxygen atoms in total. The number of thioether (sulfide) groups is 1. The molecule has 70 valence electrons. The molecule has 1 N–H and O–H groups in total. The van der Waals surface area contributed by atoms with Crippen LogP contribution in [-0.2, 0) is 0 Å². The van der Waals surface area contributed by atoms with Gasteiger partial charge in [0, 0.05) is 17.8 Å². The quantitative estimate of drug-likeness (QED) is 0.678. The Balaban J connectivity index is 2.24. The molecular formula is C10H19NS. The summed E-state index contributed by atoms with van der Waals surface area (Å²) >= 11 is 2.09. The maximum absolute atomic E-state index is 3.90. The summed E-state index contributed by atoms with van der Waals surface area (Å²) in [5.74, 6) is 1.34. The van der Waals surface area contributed by atoms with Gasteiger partial charge in [-0.1, -0.05) is 19.1 Å². The van der Waals surface area contributed by atoms with Gasteiger partial charge in [-0.15, -0.1) is 0 Å². The van der Waals surface area contributed by atoms with Crippen molar-refractivity contribution in [3.63, 3.8) is 0 Å². The molecule has 0 radical (unpaired) electrons. The predicted octanol–water partition coefficient (Wildman–Crippen LogP) is 2.44. The molecule has 0 aromatic carbocycles. The van der Waals surface area contributed by atoms with Crippen molar-refractivity contribution in [2.75, 3.05) is 12.3 Å². The van der Waals surface area contributed by atoms with Crippen molar-refractivity contribution in [2.45, 2.75) is 38.0 Å². The molecule has 2 unspecified atom stereocenters. The molecule has 2 heteroatoms. The van der Waals surface area contributed by atoms with E-state index in [2.05, 4.69) is 37.5 Å². The van der Waals surface area contributed by atoms with Crippen LogP contribution in [0.4, 0.5) is 0 Å². The van der Waals surface area contributed by atoms with Crippen LogP contribution in [0.15, 0.2) is 12.2 Å². The zero-order chi connectivity index (χ0) is 8.97. The first kappa shape index (κ1) is 10.1.